The molecule has 1 aliphatic carbocycles. The predicted molar refractivity (Wildman–Crippen MR) is 282 cm³/mol. The van der Waals surface area contributed by atoms with E-state index in [1.165, 1.54) is 121 Å². The van der Waals surface area contributed by atoms with Crippen LogP contribution in [0.4, 0.5) is 0 Å². The Bertz CT molecular complexity index is 3550. The molecule has 0 nitrogen and oxygen atoms in total. The van der Waals surface area contributed by atoms with Crippen LogP contribution in [0, 0.1) is 0 Å². The third-order valence-corrected chi connectivity index (χ3v) is 13.8. The molecule has 0 radical (unpaired) electrons. The molecule has 0 heterocycles. The van der Waals surface area contributed by atoms with Gasteiger partial charge in [0.1, 0.15) is 0 Å². The lowest BCUT2D eigenvalue weighted by Crippen LogP contribution is -2.14. The molecule has 0 spiro atoms. The fraction of sp³-hybridized carbons (Fsp3) is 0.0769. The summed E-state index contributed by atoms with van der Waals surface area (Å²) < 4.78 is 0. The first kappa shape index (κ1) is 40.0. The normalized spacial score (nSPS) is 12.7. The first-order valence-corrected chi connectivity index (χ1v) is 22.9. The second-order valence-electron chi connectivity index (χ2n) is 17.8. The van der Waals surface area contributed by atoms with Gasteiger partial charge in [0.15, 0.2) is 0 Å². The van der Waals surface area contributed by atoms with Gasteiger partial charge in [-0.25, -0.2) is 0 Å². The summed E-state index contributed by atoms with van der Waals surface area (Å²) in [6.07, 6.45) is 4.00. The van der Waals surface area contributed by atoms with Crippen molar-refractivity contribution in [1.29, 1.82) is 0 Å². The zero-order valence-corrected chi connectivity index (χ0v) is 37.4. The highest BCUT2D eigenvalue weighted by molar-refractivity contribution is 6.23. The maximum absolute atomic E-state index is 2.47. The Morgan fingerprint density at radius 2 is 0.615 bits per heavy atom. The van der Waals surface area contributed by atoms with Crippen LogP contribution in [0.1, 0.15) is 38.8 Å². The Balaban J connectivity index is 0.00000113. The van der Waals surface area contributed by atoms with E-state index in [4.69, 9.17) is 0 Å². The number of benzene rings is 11. The first-order valence-electron chi connectivity index (χ1n) is 22.9. The number of allylic oxidation sites excluding steroid dienone is 2. The van der Waals surface area contributed by atoms with Gasteiger partial charge in [-0.2, -0.15) is 0 Å². The van der Waals surface area contributed by atoms with Crippen molar-refractivity contribution in [3.63, 3.8) is 0 Å². The van der Waals surface area contributed by atoms with Crippen LogP contribution in [-0.2, 0) is 5.41 Å². The van der Waals surface area contributed by atoms with Gasteiger partial charge in [0.05, 0.1) is 0 Å². The van der Waals surface area contributed by atoms with Crippen molar-refractivity contribution < 1.29 is 0 Å². The van der Waals surface area contributed by atoms with E-state index in [-0.39, 0.29) is 5.41 Å². The molecular formula is C65H50. The Morgan fingerprint density at radius 1 is 0.262 bits per heavy atom. The molecule has 0 unspecified atom stereocenters. The lowest BCUT2D eigenvalue weighted by molar-refractivity contribution is 0.660. The molecule has 0 bridgehead atoms. The molecule has 1 aliphatic rings. The minimum atomic E-state index is -0.0681. The minimum absolute atomic E-state index is 0.0681. The molecular weight excluding hydrogens is 781 g/mol. The molecule has 0 atom stereocenters. The van der Waals surface area contributed by atoms with Gasteiger partial charge in [0, 0.05) is 5.41 Å². The third kappa shape index (κ3) is 6.68. The highest BCUT2D eigenvalue weighted by atomic mass is 14.4. The topological polar surface area (TPSA) is 0 Å². The van der Waals surface area contributed by atoms with Crippen molar-refractivity contribution in [3.8, 4) is 66.8 Å². The SMILES string of the molecule is C/C=C\C.CC1(C)c2ccccc2-c2ccc(-c3c4ccccc4c(-c4ccc(-c5ccc6c(-c7ccccc7)c7ccccc7c(-c7ccccc7)c6c5)cc4)c4ccccc34)cc21. The fourth-order valence-electron chi connectivity index (χ4n) is 10.6. The molecule has 0 saturated heterocycles. The summed E-state index contributed by atoms with van der Waals surface area (Å²) in [7, 11) is 0. The van der Waals surface area contributed by atoms with Crippen LogP contribution in [0.3, 0.4) is 0 Å². The summed E-state index contributed by atoms with van der Waals surface area (Å²) in [5, 5.41) is 10.2. The lowest BCUT2D eigenvalue weighted by Gasteiger charge is -2.23. The molecule has 11 aromatic rings. The number of hydrogen-bond donors (Lipinski definition) is 0. The molecule has 65 heavy (non-hydrogen) atoms. The summed E-state index contributed by atoms with van der Waals surface area (Å²) in [4.78, 5) is 0. The molecule has 11 aromatic carbocycles. The molecule has 0 N–H and O–H groups in total. The van der Waals surface area contributed by atoms with Gasteiger partial charge in [-0.05, 0) is 147 Å². The van der Waals surface area contributed by atoms with Gasteiger partial charge in [0.25, 0.3) is 0 Å². The molecule has 0 aromatic heterocycles. The fourth-order valence-corrected chi connectivity index (χ4v) is 10.6. The van der Waals surface area contributed by atoms with Crippen LogP contribution in [0.25, 0.3) is 110 Å². The van der Waals surface area contributed by atoms with Gasteiger partial charge >= 0.3 is 0 Å². The predicted octanol–water partition coefficient (Wildman–Crippen LogP) is 18.5. The van der Waals surface area contributed by atoms with E-state index in [1.54, 1.807) is 0 Å². The van der Waals surface area contributed by atoms with E-state index in [0.717, 1.165) is 0 Å². The molecule has 0 fully saturated rings. The number of fused-ring (bicyclic) bond motifs is 7. The van der Waals surface area contributed by atoms with Gasteiger partial charge in [0.2, 0.25) is 0 Å². The molecule has 0 saturated carbocycles. The van der Waals surface area contributed by atoms with Crippen molar-refractivity contribution >= 4 is 43.1 Å². The zero-order valence-electron chi connectivity index (χ0n) is 37.4. The Hall–Kier alpha value is -7.80. The van der Waals surface area contributed by atoms with Crippen LogP contribution >= 0.6 is 0 Å². The van der Waals surface area contributed by atoms with Crippen molar-refractivity contribution in [2.75, 3.05) is 0 Å². The van der Waals surface area contributed by atoms with Crippen molar-refractivity contribution in [1.82, 2.24) is 0 Å². The van der Waals surface area contributed by atoms with Crippen LogP contribution in [-0.4, -0.2) is 0 Å². The monoisotopic (exact) mass is 830 g/mol. The van der Waals surface area contributed by atoms with Gasteiger partial charge in [-0.1, -0.05) is 232 Å². The summed E-state index contributed by atoms with van der Waals surface area (Å²) in [5.74, 6) is 0. The van der Waals surface area contributed by atoms with E-state index in [2.05, 4.69) is 232 Å². The van der Waals surface area contributed by atoms with Crippen LogP contribution in [0.5, 0.6) is 0 Å². The van der Waals surface area contributed by atoms with E-state index >= 15 is 0 Å². The molecule has 310 valence electrons. The highest BCUT2D eigenvalue weighted by Crippen LogP contribution is 2.52. The second-order valence-corrected chi connectivity index (χ2v) is 17.8. The number of hydrogen-bond acceptors (Lipinski definition) is 0. The minimum Gasteiger partial charge on any atom is -0.0919 e. The Kier molecular flexibility index (Phi) is 10.1. The van der Waals surface area contributed by atoms with Gasteiger partial charge in [-0.15, -0.1) is 0 Å². The quantitative estimate of drug-likeness (QED) is 0.120. The second kappa shape index (κ2) is 16.4. The Morgan fingerprint density at radius 3 is 1.12 bits per heavy atom. The molecule has 0 amide bonds. The Labute approximate surface area is 382 Å². The molecule has 12 rings (SSSR count). The lowest BCUT2D eigenvalue weighted by atomic mass is 9.80. The molecule has 0 heteroatoms. The summed E-state index contributed by atoms with van der Waals surface area (Å²) in [6.45, 7) is 8.74. The zero-order chi connectivity index (χ0) is 44.1. The van der Waals surface area contributed by atoms with E-state index in [1.807, 2.05) is 26.0 Å². The maximum atomic E-state index is 2.47. The van der Waals surface area contributed by atoms with E-state index in [0.29, 0.717) is 0 Å². The van der Waals surface area contributed by atoms with Crippen LogP contribution in [0.15, 0.2) is 231 Å². The molecule has 0 aliphatic heterocycles. The van der Waals surface area contributed by atoms with E-state index in [9.17, 15) is 0 Å². The smallest absolute Gasteiger partial charge is 0.0159 e. The average molecular weight is 831 g/mol. The highest BCUT2D eigenvalue weighted by Gasteiger charge is 2.35. The number of rotatable bonds is 5. The maximum Gasteiger partial charge on any atom is 0.0159 e. The van der Waals surface area contributed by atoms with Crippen LogP contribution in [0.2, 0.25) is 0 Å². The summed E-state index contributed by atoms with van der Waals surface area (Å²) in [5.41, 5.74) is 17.9. The van der Waals surface area contributed by atoms with Crippen molar-refractivity contribution in [2.45, 2.75) is 33.1 Å². The summed E-state index contributed by atoms with van der Waals surface area (Å²) in [6, 6.07) is 81.1. The standard InChI is InChI=1S/C61H42.C4H8/c1-61(2)55-28-16-15-21-45(55)46-35-34-44(38-56(46)61)60-51-26-13-10-23-48(51)58(49-24-11-14-27-52(49)60)42-31-29-39(30-32-42)43-33-36-53-54(37-43)59(41-19-7-4-8-20-41)50-25-12-9-22-47(50)57(53)40-17-5-3-6-18-40;1-3-4-2/h3-38H,1-2H3;3-4H,1-2H3/b;4-3-. The van der Waals surface area contributed by atoms with Crippen molar-refractivity contribution in [2.24, 2.45) is 0 Å². The largest absolute Gasteiger partial charge is 0.0919 e. The summed E-state index contributed by atoms with van der Waals surface area (Å²) >= 11 is 0. The first-order chi connectivity index (χ1) is 32.0. The average Bonchev–Trinajstić information content (AvgIpc) is 3.60. The van der Waals surface area contributed by atoms with E-state index < -0.39 is 0 Å². The third-order valence-electron chi connectivity index (χ3n) is 13.8. The van der Waals surface area contributed by atoms with Gasteiger partial charge in [-0.3, -0.25) is 0 Å². The van der Waals surface area contributed by atoms with Gasteiger partial charge < -0.3 is 0 Å². The van der Waals surface area contributed by atoms with Crippen LogP contribution < -0.4 is 0 Å². The van der Waals surface area contributed by atoms with Crippen molar-refractivity contribution in [3.05, 3.63) is 242 Å².